The van der Waals surface area contributed by atoms with Gasteiger partial charge in [0.25, 0.3) is 5.91 Å². The van der Waals surface area contributed by atoms with Crippen molar-refractivity contribution in [3.63, 3.8) is 0 Å². The van der Waals surface area contributed by atoms with Gasteiger partial charge in [0.2, 0.25) is 0 Å². The van der Waals surface area contributed by atoms with Gasteiger partial charge in [-0.25, -0.2) is 8.42 Å². The minimum absolute atomic E-state index is 0.121. The van der Waals surface area contributed by atoms with Crippen LogP contribution in [0.5, 0.6) is 5.75 Å². The highest BCUT2D eigenvalue weighted by Crippen LogP contribution is 2.28. The Labute approximate surface area is 167 Å². The van der Waals surface area contributed by atoms with Gasteiger partial charge in [0, 0.05) is 18.7 Å². The molecule has 0 unspecified atom stereocenters. The summed E-state index contributed by atoms with van der Waals surface area (Å²) < 4.78 is 29.8. The Morgan fingerprint density at radius 3 is 2.36 bits per heavy atom. The van der Waals surface area contributed by atoms with E-state index in [2.05, 4.69) is 0 Å². The normalized spacial score (nSPS) is 17.6. The molecule has 1 saturated heterocycles. The lowest BCUT2D eigenvalue weighted by atomic mass is 10.0. The summed E-state index contributed by atoms with van der Waals surface area (Å²) in [5, 5.41) is -0.493. The second-order valence-electron chi connectivity index (χ2n) is 8.13. The monoisotopic (exact) mass is 401 g/mol. The lowest BCUT2D eigenvalue weighted by Gasteiger charge is -2.24. The zero-order valence-electron chi connectivity index (χ0n) is 16.8. The van der Waals surface area contributed by atoms with Crippen LogP contribution in [0.4, 0.5) is 0 Å². The fraction of sp³-hybridized carbons (Fsp3) is 0.409. The van der Waals surface area contributed by atoms with Crippen molar-refractivity contribution in [2.24, 2.45) is 0 Å². The molecule has 1 aliphatic heterocycles. The molecule has 0 spiro atoms. The van der Waals surface area contributed by atoms with Gasteiger partial charge in [0.15, 0.2) is 9.84 Å². The van der Waals surface area contributed by atoms with Crippen molar-refractivity contribution in [2.75, 3.05) is 20.2 Å². The van der Waals surface area contributed by atoms with Crippen LogP contribution in [-0.2, 0) is 9.84 Å². The van der Waals surface area contributed by atoms with Crippen LogP contribution in [-0.4, -0.2) is 49.4 Å². The molecule has 5 nitrogen and oxygen atoms in total. The number of rotatable bonds is 4. The Balaban J connectivity index is 1.74. The molecule has 0 saturated carbocycles. The number of likely N-dealkylation sites (tertiary alicyclic amines) is 1. The number of carbonyl (C=O) groups is 1. The van der Waals surface area contributed by atoms with Gasteiger partial charge in [-0.3, -0.25) is 4.79 Å². The molecule has 150 valence electrons. The number of ether oxygens (including phenoxy) is 1. The molecule has 2 aromatic carbocycles. The number of carbonyl (C=O) groups excluding carboxylic acids is 1. The molecule has 6 heteroatoms. The maximum absolute atomic E-state index is 12.8. The summed E-state index contributed by atoms with van der Waals surface area (Å²) in [6.45, 7) is 5.87. The molecule has 1 atom stereocenters. The minimum atomic E-state index is -3.28. The predicted octanol–water partition coefficient (Wildman–Crippen LogP) is 3.79. The zero-order chi connectivity index (χ0) is 20.5. The summed E-state index contributed by atoms with van der Waals surface area (Å²) in [6.07, 6.45) is 0.493. The molecule has 1 aliphatic rings. The van der Waals surface area contributed by atoms with Crippen LogP contribution < -0.4 is 4.74 Å². The van der Waals surface area contributed by atoms with Gasteiger partial charge in [-0.15, -0.1) is 0 Å². The molecular formula is C22H27NO4S. The number of nitrogens with zero attached hydrogens (tertiary/aromatic N) is 1. The van der Waals surface area contributed by atoms with Crippen molar-refractivity contribution in [2.45, 2.75) is 37.2 Å². The van der Waals surface area contributed by atoms with E-state index in [4.69, 9.17) is 4.74 Å². The average molecular weight is 402 g/mol. The summed E-state index contributed by atoms with van der Waals surface area (Å²) in [4.78, 5) is 14.5. The molecule has 0 radical (unpaired) electrons. The van der Waals surface area contributed by atoms with E-state index in [-0.39, 0.29) is 12.5 Å². The predicted molar refractivity (Wildman–Crippen MR) is 111 cm³/mol. The Morgan fingerprint density at radius 2 is 1.75 bits per heavy atom. The molecule has 0 aromatic heterocycles. The number of benzene rings is 2. The number of amides is 1. The molecule has 3 rings (SSSR count). The van der Waals surface area contributed by atoms with E-state index in [1.54, 1.807) is 44.9 Å². The van der Waals surface area contributed by atoms with E-state index >= 15 is 0 Å². The van der Waals surface area contributed by atoms with E-state index < -0.39 is 19.8 Å². The van der Waals surface area contributed by atoms with E-state index in [0.29, 0.717) is 18.5 Å². The second-order valence-corrected chi connectivity index (χ2v) is 11.1. The topological polar surface area (TPSA) is 63.7 Å². The molecule has 1 amide bonds. The fourth-order valence-corrected chi connectivity index (χ4v) is 5.25. The largest absolute Gasteiger partial charge is 0.497 e. The maximum Gasteiger partial charge on any atom is 0.253 e. The van der Waals surface area contributed by atoms with Crippen molar-refractivity contribution >= 4 is 15.7 Å². The Hall–Kier alpha value is -2.34. The van der Waals surface area contributed by atoms with Gasteiger partial charge in [-0.1, -0.05) is 24.3 Å². The van der Waals surface area contributed by atoms with Crippen LogP contribution in [0.3, 0.4) is 0 Å². The molecule has 2 aromatic rings. The van der Waals surface area contributed by atoms with Crippen molar-refractivity contribution in [3.8, 4) is 16.9 Å². The van der Waals surface area contributed by atoms with Crippen molar-refractivity contribution in [1.29, 1.82) is 0 Å². The number of sulfone groups is 1. The highest BCUT2D eigenvalue weighted by Gasteiger charge is 2.41. The summed E-state index contributed by atoms with van der Waals surface area (Å²) >= 11 is 0. The Kier molecular flexibility index (Phi) is 5.53. The Morgan fingerprint density at radius 1 is 1.07 bits per heavy atom. The van der Waals surface area contributed by atoms with E-state index in [9.17, 15) is 13.2 Å². The van der Waals surface area contributed by atoms with Gasteiger partial charge in [0.05, 0.1) is 17.1 Å². The quantitative estimate of drug-likeness (QED) is 0.782. The maximum atomic E-state index is 12.8. The van der Waals surface area contributed by atoms with Crippen LogP contribution >= 0.6 is 0 Å². The minimum Gasteiger partial charge on any atom is -0.497 e. The number of hydrogen-bond donors (Lipinski definition) is 0. The average Bonchev–Trinajstić information content (AvgIpc) is 3.17. The SMILES string of the molecule is COc1cccc(-c2ccc(C(=O)N3CC[C@@H](S(=O)(=O)C(C)(C)C)C3)cc2)c1. The zero-order valence-corrected chi connectivity index (χ0v) is 17.6. The van der Waals surface area contributed by atoms with Gasteiger partial charge in [0.1, 0.15) is 5.75 Å². The third-order valence-electron chi connectivity index (χ3n) is 5.26. The van der Waals surface area contributed by atoms with Gasteiger partial charge in [-0.2, -0.15) is 0 Å². The summed E-state index contributed by atoms with van der Waals surface area (Å²) in [5.41, 5.74) is 2.57. The molecule has 0 bridgehead atoms. The van der Waals surface area contributed by atoms with Crippen molar-refractivity contribution < 1.29 is 17.9 Å². The first-order valence-electron chi connectivity index (χ1n) is 9.40. The molecule has 28 heavy (non-hydrogen) atoms. The van der Waals surface area contributed by atoms with E-state index in [1.807, 2.05) is 36.4 Å². The van der Waals surface area contributed by atoms with Crippen molar-refractivity contribution in [3.05, 3.63) is 54.1 Å². The summed E-state index contributed by atoms with van der Waals surface area (Å²) in [7, 11) is -1.65. The van der Waals surface area contributed by atoms with Crippen LogP contribution in [0, 0.1) is 0 Å². The molecule has 1 heterocycles. The summed E-state index contributed by atoms with van der Waals surface area (Å²) in [6, 6.07) is 15.1. The van der Waals surface area contributed by atoms with Gasteiger partial charge < -0.3 is 9.64 Å². The molecule has 1 fully saturated rings. The van der Waals surface area contributed by atoms with Gasteiger partial charge >= 0.3 is 0 Å². The van der Waals surface area contributed by atoms with Crippen molar-refractivity contribution in [1.82, 2.24) is 4.90 Å². The van der Waals surface area contributed by atoms with Crippen LogP contribution in [0.2, 0.25) is 0 Å². The fourth-order valence-electron chi connectivity index (χ4n) is 3.46. The lowest BCUT2D eigenvalue weighted by Crippen LogP contribution is -2.39. The molecule has 0 aliphatic carbocycles. The first-order valence-corrected chi connectivity index (χ1v) is 11.0. The highest BCUT2D eigenvalue weighted by atomic mass is 32.2. The lowest BCUT2D eigenvalue weighted by molar-refractivity contribution is 0.0793. The number of methoxy groups -OCH3 is 1. The third kappa shape index (κ3) is 3.92. The van der Waals surface area contributed by atoms with E-state index in [0.717, 1.165) is 16.9 Å². The molecular weight excluding hydrogens is 374 g/mol. The van der Waals surface area contributed by atoms with E-state index in [1.165, 1.54) is 0 Å². The molecule has 0 N–H and O–H groups in total. The van der Waals surface area contributed by atoms with Gasteiger partial charge in [-0.05, 0) is 62.6 Å². The second kappa shape index (κ2) is 7.59. The third-order valence-corrected chi connectivity index (χ3v) is 8.23. The van der Waals surface area contributed by atoms with Crippen LogP contribution in [0.1, 0.15) is 37.6 Å². The summed E-state index contributed by atoms with van der Waals surface area (Å²) in [5.74, 6) is 0.657. The smallest absolute Gasteiger partial charge is 0.253 e. The Bertz CT molecular complexity index is 959. The van der Waals surface area contributed by atoms with Crippen LogP contribution in [0.15, 0.2) is 48.5 Å². The first kappa shape index (κ1) is 20.4. The number of hydrogen-bond acceptors (Lipinski definition) is 4. The highest BCUT2D eigenvalue weighted by molar-refractivity contribution is 7.93. The standard InChI is InChI=1S/C22H27NO4S/c1-22(2,3)28(25,26)20-12-13-23(15-20)21(24)17-10-8-16(9-11-17)18-6-5-7-19(14-18)27-4/h5-11,14,20H,12-13,15H2,1-4H3/t20-/m1/s1. The van der Waals surface area contributed by atoms with Crippen LogP contribution in [0.25, 0.3) is 11.1 Å². The first-order chi connectivity index (χ1) is 13.1.